The van der Waals surface area contributed by atoms with Gasteiger partial charge in [-0.3, -0.25) is 4.79 Å². The van der Waals surface area contributed by atoms with Crippen LogP contribution in [0.25, 0.3) is 22.5 Å². The van der Waals surface area contributed by atoms with E-state index in [-0.39, 0.29) is 11.7 Å². The summed E-state index contributed by atoms with van der Waals surface area (Å²) in [6.07, 6.45) is 0. The Hall–Kier alpha value is -2.73. The molecule has 0 saturated heterocycles. The van der Waals surface area contributed by atoms with Gasteiger partial charge in [0.15, 0.2) is 0 Å². The zero-order valence-electron chi connectivity index (χ0n) is 14.1. The molecule has 126 valence electrons. The molecule has 5 nitrogen and oxygen atoms in total. The molecule has 0 aliphatic heterocycles. The SMILES string of the molecule is CN(C)C(=O)CSc1nnc(-c2ccccc2)c(-c2ccccc2)n1. The van der Waals surface area contributed by atoms with Crippen LogP contribution in [0.4, 0.5) is 0 Å². The van der Waals surface area contributed by atoms with Gasteiger partial charge in [0.05, 0.1) is 5.75 Å². The smallest absolute Gasteiger partial charge is 0.232 e. The number of benzene rings is 2. The minimum absolute atomic E-state index is 0.0157. The van der Waals surface area contributed by atoms with Crippen molar-refractivity contribution >= 4 is 17.7 Å². The van der Waals surface area contributed by atoms with Crippen LogP contribution in [0.2, 0.25) is 0 Å². The lowest BCUT2D eigenvalue weighted by Crippen LogP contribution is -2.23. The molecule has 0 fully saturated rings. The van der Waals surface area contributed by atoms with Gasteiger partial charge in [0.1, 0.15) is 11.4 Å². The normalized spacial score (nSPS) is 10.5. The Kier molecular flexibility index (Phi) is 5.40. The molecule has 0 bridgehead atoms. The first-order chi connectivity index (χ1) is 12.1. The number of rotatable bonds is 5. The van der Waals surface area contributed by atoms with E-state index in [4.69, 9.17) is 0 Å². The van der Waals surface area contributed by atoms with Gasteiger partial charge in [0.25, 0.3) is 0 Å². The van der Waals surface area contributed by atoms with Crippen molar-refractivity contribution in [1.82, 2.24) is 20.1 Å². The van der Waals surface area contributed by atoms with E-state index in [1.54, 1.807) is 19.0 Å². The lowest BCUT2D eigenvalue weighted by molar-refractivity contribution is -0.125. The molecule has 0 unspecified atom stereocenters. The van der Waals surface area contributed by atoms with Crippen molar-refractivity contribution in [2.45, 2.75) is 5.16 Å². The van der Waals surface area contributed by atoms with Crippen molar-refractivity contribution in [2.75, 3.05) is 19.8 Å². The minimum atomic E-state index is 0.0157. The van der Waals surface area contributed by atoms with Crippen LogP contribution in [0, 0.1) is 0 Å². The second-order valence-corrected chi connectivity index (χ2v) is 6.54. The van der Waals surface area contributed by atoms with Crippen LogP contribution in [0.5, 0.6) is 0 Å². The highest BCUT2D eigenvalue weighted by Gasteiger charge is 2.14. The molecule has 1 aromatic heterocycles. The van der Waals surface area contributed by atoms with Crippen molar-refractivity contribution in [3.63, 3.8) is 0 Å². The van der Waals surface area contributed by atoms with Gasteiger partial charge in [-0.15, -0.1) is 10.2 Å². The van der Waals surface area contributed by atoms with Gasteiger partial charge >= 0.3 is 0 Å². The third kappa shape index (κ3) is 4.22. The number of hydrogen-bond acceptors (Lipinski definition) is 5. The van der Waals surface area contributed by atoms with Crippen LogP contribution in [0.15, 0.2) is 65.8 Å². The summed E-state index contributed by atoms with van der Waals surface area (Å²) in [6, 6.07) is 19.7. The first kappa shape index (κ1) is 17.1. The van der Waals surface area contributed by atoms with Gasteiger partial charge in [0, 0.05) is 25.2 Å². The Morgan fingerprint density at radius 1 is 0.880 bits per heavy atom. The molecular weight excluding hydrogens is 332 g/mol. The van der Waals surface area contributed by atoms with Gasteiger partial charge in [-0.1, -0.05) is 72.4 Å². The molecule has 25 heavy (non-hydrogen) atoms. The highest BCUT2D eigenvalue weighted by Crippen LogP contribution is 2.29. The van der Waals surface area contributed by atoms with Crippen LogP contribution < -0.4 is 0 Å². The second-order valence-electron chi connectivity index (χ2n) is 5.60. The summed E-state index contributed by atoms with van der Waals surface area (Å²) in [5.41, 5.74) is 3.43. The summed E-state index contributed by atoms with van der Waals surface area (Å²) in [4.78, 5) is 18.0. The van der Waals surface area contributed by atoms with E-state index in [2.05, 4.69) is 15.2 Å². The maximum atomic E-state index is 11.8. The van der Waals surface area contributed by atoms with Crippen molar-refractivity contribution < 1.29 is 4.79 Å². The Balaban J connectivity index is 1.98. The average Bonchev–Trinajstić information content (AvgIpc) is 2.67. The molecule has 2 aromatic carbocycles. The second kappa shape index (κ2) is 7.90. The van der Waals surface area contributed by atoms with Crippen LogP contribution in [-0.2, 0) is 4.79 Å². The minimum Gasteiger partial charge on any atom is -0.348 e. The fourth-order valence-corrected chi connectivity index (χ4v) is 2.98. The number of carbonyl (C=O) groups excluding carboxylic acids is 1. The first-order valence-electron chi connectivity index (χ1n) is 7.83. The highest BCUT2D eigenvalue weighted by atomic mass is 32.2. The van der Waals surface area contributed by atoms with Gasteiger partial charge < -0.3 is 4.90 Å². The monoisotopic (exact) mass is 350 g/mol. The van der Waals surface area contributed by atoms with E-state index in [0.29, 0.717) is 5.16 Å². The molecule has 0 radical (unpaired) electrons. The van der Waals surface area contributed by atoms with Crippen LogP contribution in [0.3, 0.4) is 0 Å². The molecule has 0 atom stereocenters. The van der Waals surface area contributed by atoms with E-state index in [0.717, 1.165) is 22.5 Å². The van der Waals surface area contributed by atoms with E-state index in [1.165, 1.54) is 11.8 Å². The largest absolute Gasteiger partial charge is 0.348 e. The molecule has 0 spiro atoms. The number of amides is 1. The van der Waals surface area contributed by atoms with E-state index in [9.17, 15) is 4.79 Å². The molecule has 1 amide bonds. The molecular formula is C19H18N4OS. The van der Waals surface area contributed by atoms with Gasteiger partial charge in [0.2, 0.25) is 11.1 Å². The van der Waals surface area contributed by atoms with E-state index in [1.807, 2.05) is 60.7 Å². The predicted octanol–water partition coefficient (Wildman–Crippen LogP) is 3.39. The van der Waals surface area contributed by atoms with Gasteiger partial charge in [-0.25, -0.2) is 4.98 Å². The molecule has 3 rings (SSSR count). The van der Waals surface area contributed by atoms with Crippen molar-refractivity contribution in [1.29, 1.82) is 0 Å². The molecule has 0 aliphatic rings. The number of hydrogen-bond donors (Lipinski definition) is 0. The van der Waals surface area contributed by atoms with E-state index >= 15 is 0 Å². The maximum absolute atomic E-state index is 11.8. The highest BCUT2D eigenvalue weighted by molar-refractivity contribution is 7.99. The number of aromatic nitrogens is 3. The molecule has 0 aliphatic carbocycles. The Labute approximate surface area is 151 Å². The van der Waals surface area contributed by atoms with Gasteiger partial charge in [-0.05, 0) is 0 Å². The Morgan fingerprint density at radius 2 is 1.44 bits per heavy atom. The molecule has 3 aromatic rings. The molecule has 6 heteroatoms. The van der Waals surface area contributed by atoms with Crippen molar-refractivity contribution in [3.05, 3.63) is 60.7 Å². The molecule has 0 saturated carbocycles. The number of thioether (sulfide) groups is 1. The summed E-state index contributed by atoms with van der Waals surface area (Å²) < 4.78 is 0. The standard InChI is InChI=1S/C19H18N4OS/c1-23(2)16(24)13-25-19-20-17(14-9-5-3-6-10-14)18(21-22-19)15-11-7-4-8-12-15/h3-12H,13H2,1-2H3. The predicted molar refractivity (Wildman–Crippen MR) is 100 cm³/mol. The summed E-state index contributed by atoms with van der Waals surface area (Å²) in [6.45, 7) is 0. The average molecular weight is 350 g/mol. The third-order valence-corrected chi connectivity index (χ3v) is 4.41. The molecule has 1 heterocycles. The van der Waals surface area contributed by atoms with Gasteiger partial charge in [-0.2, -0.15) is 0 Å². The lowest BCUT2D eigenvalue weighted by Gasteiger charge is -2.11. The Morgan fingerprint density at radius 3 is 2.00 bits per heavy atom. The first-order valence-corrected chi connectivity index (χ1v) is 8.82. The summed E-state index contributed by atoms with van der Waals surface area (Å²) >= 11 is 1.29. The number of nitrogens with zero attached hydrogens (tertiary/aromatic N) is 4. The topological polar surface area (TPSA) is 59.0 Å². The number of carbonyl (C=O) groups is 1. The lowest BCUT2D eigenvalue weighted by atomic mass is 10.0. The van der Waals surface area contributed by atoms with Crippen molar-refractivity contribution in [2.24, 2.45) is 0 Å². The summed E-state index contributed by atoms with van der Waals surface area (Å²) in [5, 5.41) is 9.09. The van der Waals surface area contributed by atoms with Crippen molar-refractivity contribution in [3.8, 4) is 22.5 Å². The van der Waals surface area contributed by atoms with Crippen LogP contribution >= 0.6 is 11.8 Å². The summed E-state index contributed by atoms with van der Waals surface area (Å²) in [7, 11) is 3.46. The quantitative estimate of drug-likeness (QED) is 0.660. The zero-order chi connectivity index (χ0) is 17.6. The fraction of sp³-hybridized carbons (Fsp3) is 0.158. The summed E-state index contributed by atoms with van der Waals surface area (Å²) in [5.74, 6) is 0.301. The zero-order valence-corrected chi connectivity index (χ0v) is 14.9. The van der Waals surface area contributed by atoms with Crippen LogP contribution in [-0.4, -0.2) is 45.8 Å². The van der Waals surface area contributed by atoms with E-state index < -0.39 is 0 Å². The van der Waals surface area contributed by atoms with Crippen LogP contribution in [0.1, 0.15) is 0 Å². The maximum Gasteiger partial charge on any atom is 0.232 e. The Bertz CT molecular complexity index is 854. The molecule has 0 N–H and O–H groups in total. The fourth-order valence-electron chi connectivity index (χ4n) is 2.22. The third-order valence-electron chi connectivity index (χ3n) is 3.59.